The molecule has 0 radical (unpaired) electrons. The smallest absolute Gasteiger partial charge is 0.251 e. The zero-order valence-electron chi connectivity index (χ0n) is 21.5. The Balaban J connectivity index is 1.48. The first-order valence-electron chi connectivity index (χ1n) is 13.0. The Hall–Kier alpha value is -2.37. The van der Waals surface area contributed by atoms with E-state index in [1.807, 2.05) is 12.1 Å². The fraction of sp³-hybridized carbons (Fsp3) is 0.552. The average Bonchev–Trinajstić information content (AvgIpc) is 3.25. The number of amides is 1. The van der Waals surface area contributed by atoms with Gasteiger partial charge >= 0.3 is 0 Å². The Morgan fingerprint density at radius 3 is 2.65 bits per heavy atom. The number of aryl methyl sites for hydroxylation is 3. The summed E-state index contributed by atoms with van der Waals surface area (Å²) in [5.74, 6) is -0.0162. The van der Waals surface area contributed by atoms with Crippen molar-refractivity contribution in [3.63, 3.8) is 0 Å². The number of rotatable bonds is 12. The monoisotopic (exact) mass is 465 g/mol. The van der Waals surface area contributed by atoms with Gasteiger partial charge in [0.2, 0.25) is 0 Å². The number of likely N-dealkylation sites (tertiary alicyclic amines) is 1. The molecule has 1 aliphatic heterocycles. The van der Waals surface area contributed by atoms with Gasteiger partial charge in [-0.2, -0.15) is 0 Å². The van der Waals surface area contributed by atoms with Crippen molar-refractivity contribution in [1.29, 1.82) is 0 Å². The minimum Gasteiger partial charge on any atom is -0.378 e. The van der Waals surface area contributed by atoms with E-state index in [0.717, 1.165) is 63.7 Å². The number of nitrogens with one attached hydrogen (secondary N) is 1. The fourth-order valence-corrected chi connectivity index (χ4v) is 5.07. The van der Waals surface area contributed by atoms with Gasteiger partial charge in [-0.05, 0) is 94.2 Å². The molecule has 0 aliphatic carbocycles. The molecule has 2 unspecified atom stereocenters. The lowest BCUT2D eigenvalue weighted by Crippen LogP contribution is -2.39. The van der Waals surface area contributed by atoms with E-state index in [2.05, 4.69) is 73.1 Å². The molecule has 0 aromatic heterocycles. The Labute approximate surface area is 206 Å². The van der Waals surface area contributed by atoms with Crippen LogP contribution in [0.2, 0.25) is 0 Å². The van der Waals surface area contributed by atoms with Crippen molar-refractivity contribution in [3.8, 4) is 0 Å². The van der Waals surface area contributed by atoms with E-state index in [1.165, 1.54) is 22.4 Å². The molecule has 1 saturated heterocycles. The first kappa shape index (κ1) is 26.2. The van der Waals surface area contributed by atoms with Gasteiger partial charge in [0.05, 0.1) is 0 Å². The molecular formula is C29H43N3O2. The zero-order valence-corrected chi connectivity index (χ0v) is 21.5. The van der Waals surface area contributed by atoms with Gasteiger partial charge in [-0.3, -0.25) is 9.69 Å². The number of hydrogen-bond acceptors (Lipinski definition) is 4. The van der Waals surface area contributed by atoms with Crippen molar-refractivity contribution in [3.05, 3.63) is 64.7 Å². The lowest BCUT2D eigenvalue weighted by molar-refractivity contribution is 0.0114. The summed E-state index contributed by atoms with van der Waals surface area (Å²) >= 11 is 0. The minimum atomic E-state index is -0.327. The number of carbonyl (C=O) groups excluding carboxylic acids is 1. The second-order valence-electron chi connectivity index (χ2n) is 9.77. The summed E-state index contributed by atoms with van der Waals surface area (Å²) in [4.78, 5) is 17.3. The quantitative estimate of drug-likeness (QED) is 0.459. The van der Waals surface area contributed by atoms with Crippen LogP contribution in [0.4, 0.5) is 5.69 Å². The molecule has 1 amide bonds. The van der Waals surface area contributed by atoms with Crippen LogP contribution in [-0.4, -0.2) is 54.4 Å². The second-order valence-corrected chi connectivity index (χ2v) is 9.77. The minimum absolute atomic E-state index is 0.0162. The van der Waals surface area contributed by atoms with Gasteiger partial charge in [-0.15, -0.1) is 0 Å². The van der Waals surface area contributed by atoms with E-state index in [1.54, 1.807) is 0 Å². The maximum atomic E-state index is 12.7. The standard InChI is InChI=1S/C29H43N3O2/c1-5-18-31(27-12-7-6-10-22(27)2)19-8-11-25-14-15-26(21-23(25)3)29(34)30-17-16-24(4)32-20-9-13-28(32)33/h6-7,10,12,14-15,21,24,28,33H,5,8-9,11,13,16-20H2,1-4H3,(H,30,34). The van der Waals surface area contributed by atoms with Crippen molar-refractivity contribution in [1.82, 2.24) is 10.2 Å². The Morgan fingerprint density at radius 2 is 1.97 bits per heavy atom. The average molecular weight is 466 g/mol. The van der Waals surface area contributed by atoms with Gasteiger partial charge in [-0.1, -0.05) is 31.2 Å². The molecule has 5 nitrogen and oxygen atoms in total. The molecule has 0 spiro atoms. The van der Waals surface area contributed by atoms with Crippen molar-refractivity contribution in [2.75, 3.05) is 31.1 Å². The number of carbonyl (C=O) groups is 1. The van der Waals surface area contributed by atoms with E-state index >= 15 is 0 Å². The van der Waals surface area contributed by atoms with Crippen LogP contribution in [0.3, 0.4) is 0 Å². The molecule has 2 aromatic rings. The molecular weight excluding hydrogens is 422 g/mol. The number of nitrogens with zero attached hydrogens (tertiary/aromatic N) is 2. The molecule has 1 aliphatic rings. The lowest BCUT2D eigenvalue weighted by atomic mass is 10.0. The van der Waals surface area contributed by atoms with Crippen molar-refractivity contribution < 1.29 is 9.90 Å². The SMILES string of the molecule is CCCN(CCCc1ccc(C(=O)NCCC(C)N2CCCC2O)cc1C)c1ccccc1C. The number of hydrogen-bond donors (Lipinski definition) is 2. The zero-order chi connectivity index (χ0) is 24.5. The largest absolute Gasteiger partial charge is 0.378 e. The van der Waals surface area contributed by atoms with E-state index in [4.69, 9.17) is 0 Å². The van der Waals surface area contributed by atoms with Gasteiger partial charge in [0.25, 0.3) is 5.91 Å². The van der Waals surface area contributed by atoms with Crippen LogP contribution in [0.25, 0.3) is 0 Å². The summed E-state index contributed by atoms with van der Waals surface area (Å²) in [7, 11) is 0. The van der Waals surface area contributed by atoms with E-state index < -0.39 is 0 Å². The number of para-hydroxylation sites is 1. The van der Waals surface area contributed by atoms with Crippen molar-refractivity contribution in [2.24, 2.45) is 0 Å². The summed E-state index contributed by atoms with van der Waals surface area (Å²) in [6, 6.07) is 15.0. The summed E-state index contributed by atoms with van der Waals surface area (Å²) in [5.41, 5.74) is 5.88. The highest BCUT2D eigenvalue weighted by atomic mass is 16.3. The van der Waals surface area contributed by atoms with Crippen LogP contribution in [0.15, 0.2) is 42.5 Å². The summed E-state index contributed by atoms with van der Waals surface area (Å²) < 4.78 is 0. The first-order chi connectivity index (χ1) is 16.4. The summed E-state index contributed by atoms with van der Waals surface area (Å²) in [5, 5.41) is 13.1. The maximum Gasteiger partial charge on any atom is 0.251 e. The van der Waals surface area contributed by atoms with E-state index in [0.29, 0.717) is 6.54 Å². The predicted octanol–water partition coefficient (Wildman–Crippen LogP) is 5.08. The molecule has 2 N–H and O–H groups in total. The number of benzene rings is 2. The van der Waals surface area contributed by atoms with E-state index in [9.17, 15) is 9.90 Å². The van der Waals surface area contributed by atoms with Gasteiger partial charge in [-0.25, -0.2) is 0 Å². The number of aliphatic hydroxyl groups excluding tert-OH is 1. The number of aliphatic hydroxyl groups is 1. The van der Waals surface area contributed by atoms with Crippen LogP contribution in [0.5, 0.6) is 0 Å². The maximum absolute atomic E-state index is 12.7. The fourth-order valence-electron chi connectivity index (χ4n) is 5.07. The summed E-state index contributed by atoms with van der Waals surface area (Å²) in [6.45, 7) is 12.3. The molecule has 0 saturated carbocycles. The van der Waals surface area contributed by atoms with Crippen LogP contribution in [-0.2, 0) is 6.42 Å². The van der Waals surface area contributed by atoms with Gasteiger partial charge in [0.1, 0.15) is 6.23 Å². The molecule has 2 aromatic carbocycles. The third-order valence-corrected chi connectivity index (χ3v) is 7.10. The molecule has 5 heteroatoms. The van der Waals surface area contributed by atoms with Crippen molar-refractivity contribution in [2.45, 2.75) is 78.5 Å². The predicted molar refractivity (Wildman–Crippen MR) is 142 cm³/mol. The van der Waals surface area contributed by atoms with Crippen molar-refractivity contribution >= 4 is 11.6 Å². The number of anilines is 1. The van der Waals surface area contributed by atoms with Gasteiger partial charge in [0, 0.05) is 43.5 Å². The Bertz CT molecular complexity index is 929. The highest BCUT2D eigenvalue weighted by molar-refractivity contribution is 5.94. The lowest BCUT2D eigenvalue weighted by Gasteiger charge is -2.27. The molecule has 1 fully saturated rings. The summed E-state index contributed by atoms with van der Waals surface area (Å²) in [6.07, 6.45) is 5.64. The van der Waals surface area contributed by atoms with Crippen LogP contribution >= 0.6 is 0 Å². The topological polar surface area (TPSA) is 55.8 Å². The van der Waals surface area contributed by atoms with Crippen LogP contribution in [0, 0.1) is 13.8 Å². The Kier molecular flexibility index (Phi) is 9.97. The highest BCUT2D eigenvalue weighted by Gasteiger charge is 2.26. The molecule has 1 heterocycles. The van der Waals surface area contributed by atoms with E-state index in [-0.39, 0.29) is 18.2 Å². The highest BCUT2D eigenvalue weighted by Crippen LogP contribution is 2.21. The molecule has 186 valence electrons. The molecule has 2 atom stereocenters. The Morgan fingerprint density at radius 1 is 1.18 bits per heavy atom. The third kappa shape index (κ3) is 7.07. The molecule has 34 heavy (non-hydrogen) atoms. The first-order valence-corrected chi connectivity index (χ1v) is 13.0. The van der Waals surface area contributed by atoms with Crippen LogP contribution in [0.1, 0.15) is 73.0 Å². The normalized spacial score (nSPS) is 17.0. The molecule has 3 rings (SSSR count). The van der Waals surface area contributed by atoms with Gasteiger partial charge < -0.3 is 15.3 Å². The molecule has 0 bridgehead atoms. The van der Waals surface area contributed by atoms with Crippen LogP contribution < -0.4 is 10.2 Å². The third-order valence-electron chi connectivity index (χ3n) is 7.10. The van der Waals surface area contributed by atoms with Gasteiger partial charge in [0.15, 0.2) is 0 Å². The second kappa shape index (κ2) is 12.9.